The molecule has 0 bridgehead atoms. The summed E-state index contributed by atoms with van der Waals surface area (Å²) in [7, 11) is 0. The van der Waals surface area contributed by atoms with E-state index in [1.807, 2.05) is 49.4 Å². The van der Waals surface area contributed by atoms with Crippen molar-refractivity contribution in [3.05, 3.63) is 60.2 Å². The zero-order valence-electron chi connectivity index (χ0n) is 15.5. The van der Waals surface area contributed by atoms with Gasteiger partial charge in [-0.25, -0.2) is 0 Å². The third-order valence-electron chi connectivity index (χ3n) is 3.95. The van der Waals surface area contributed by atoms with E-state index in [0.717, 1.165) is 29.0 Å². The molecular weight excluding hydrogens is 344 g/mol. The van der Waals surface area contributed by atoms with Gasteiger partial charge in [-0.1, -0.05) is 43.7 Å². The van der Waals surface area contributed by atoms with Gasteiger partial charge in [0.2, 0.25) is 11.8 Å². The van der Waals surface area contributed by atoms with Gasteiger partial charge < -0.3 is 10.6 Å². The van der Waals surface area contributed by atoms with Gasteiger partial charge >= 0.3 is 0 Å². The first kappa shape index (κ1) is 20.0. The van der Waals surface area contributed by atoms with Gasteiger partial charge in [0.1, 0.15) is 0 Å². The van der Waals surface area contributed by atoms with E-state index in [4.69, 9.17) is 0 Å². The minimum absolute atomic E-state index is 0.0308. The molecule has 0 aromatic heterocycles. The van der Waals surface area contributed by atoms with Crippen molar-refractivity contribution in [1.29, 1.82) is 0 Å². The Morgan fingerprint density at radius 1 is 1.04 bits per heavy atom. The molecule has 2 unspecified atom stereocenters. The molecule has 138 valence electrons. The van der Waals surface area contributed by atoms with Gasteiger partial charge in [0.05, 0.1) is 11.3 Å². The second-order valence-electron chi connectivity index (χ2n) is 6.23. The Morgan fingerprint density at radius 3 is 2.27 bits per heavy atom. The first-order valence-corrected chi connectivity index (χ1v) is 9.77. The molecule has 2 atom stereocenters. The Balaban J connectivity index is 1.96. The summed E-state index contributed by atoms with van der Waals surface area (Å²) in [5, 5.41) is 5.71. The predicted molar refractivity (Wildman–Crippen MR) is 108 cm³/mol. The van der Waals surface area contributed by atoms with E-state index in [9.17, 15) is 9.59 Å². The summed E-state index contributed by atoms with van der Waals surface area (Å²) in [6, 6.07) is 17.7. The van der Waals surface area contributed by atoms with E-state index in [0.29, 0.717) is 0 Å². The van der Waals surface area contributed by atoms with Crippen molar-refractivity contribution in [3.8, 4) is 0 Å². The summed E-state index contributed by atoms with van der Waals surface area (Å²) in [6.07, 6.45) is 1.92. The van der Waals surface area contributed by atoms with Crippen molar-refractivity contribution in [3.63, 3.8) is 0 Å². The van der Waals surface area contributed by atoms with Gasteiger partial charge in [-0.2, -0.15) is 0 Å². The van der Waals surface area contributed by atoms with Crippen LogP contribution in [0.1, 0.15) is 45.2 Å². The first-order valence-electron chi connectivity index (χ1n) is 8.89. The average molecular weight is 371 g/mol. The topological polar surface area (TPSA) is 58.2 Å². The van der Waals surface area contributed by atoms with Gasteiger partial charge in [-0.3, -0.25) is 9.59 Å². The van der Waals surface area contributed by atoms with E-state index in [1.165, 1.54) is 18.7 Å². The van der Waals surface area contributed by atoms with E-state index in [-0.39, 0.29) is 23.1 Å². The summed E-state index contributed by atoms with van der Waals surface area (Å²) >= 11 is 1.51. The number of nitrogens with one attached hydrogen (secondary N) is 2. The maximum atomic E-state index is 12.6. The van der Waals surface area contributed by atoms with Crippen LogP contribution in [0.2, 0.25) is 0 Å². The molecule has 2 amide bonds. The molecule has 2 aromatic carbocycles. The third-order valence-corrected chi connectivity index (χ3v) is 5.06. The number of hydrogen-bond acceptors (Lipinski definition) is 3. The lowest BCUT2D eigenvalue weighted by Gasteiger charge is -2.21. The van der Waals surface area contributed by atoms with Crippen molar-refractivity contribution in [2.24, 2.45) is 0 Å². The zero-order chi connectivity index (χ0) is 18.9. The lowest BCUT2D eigenvalue weighted by molar-refractivity contribution is -0.121. The molecule has 5 heteroatoms. The SMILES string of the molecule is CCCC(NC(=O)C(C)Sc1ccc(NC(C)=O)cc1)c1ccccc1. The lowest BCUT2D eigenvalue weighted by Crippen LogP contribution is -2.34. The van der Waals surface area contributed by atoms with Crippen LogP contribution in [0.5, 0.6) is 0 Å². The minimum Gasteiger partial charge on any atom is -0.348 e. The van der Waals surface area contributed by atoms with Crippen molar-refractivity contribution >= 4 is 29.3 Å². The number of benzene rings is 2. The molecule has 0 heterocycles. The second kappa shape index (κ2) is 10.0. The van der Waals surface area contributed by atoms with Crippen LogP contribution in [0.4, 0.5) is 5.69 Å². The molecule has 0 saturated heterocycles. The van der Waals surface area contributed by atoms with Crippen LogP contribution in [-0.2, 0) is 9.59 Å². The number of hydrogen-bond donors (Lipinski definition) is 2. The first-order chi connectivity index (χ1) is 12.5. The van der Waals surface area contributed by atoms with Crippen LogP contribution in [0, 0.1) is 0 Å². The quantitative estimate of drug-likeness (QED) is 0.657. The van der Waals surface area contributed by atoms with Crippen LogP contribution in [0.3, 0.4) is 0 Å². The van der Waals surface area contributed by atoms with Gasteiger partial charge in [-0.15, -0.1) is 11.8 Å². The molecule has 2 rings (SSSR count). The van der Waals surface area contributed by atoms with Crippen molar-refractivity contribution < 1.29 is 9.59 Å². The number of rotatable bonds is 8. The van der Waals surface area contributed by atoms with E-state index in [2.05, 4.69) is 29.7 Å². The summed E-state index contributed by atoms with van der Waals surface area (Å²) in [4.78, 5) is 24.7. The molecule has 0 aliphatic carbocycles. The molecular formula is C21H26N2O2S. The standard InChI is InChI=1S/C21H26N2O2S/c1-4-8-20(17-9-6-5-7-10-17)23-21(25)15(2)26-19-13-11-18(12-14-19)22-16(3)24/h5-7,9-15,20H,4,8H2,1-3H3,(H,22,24)(H,23,25). The molecule has 2 aromatic rings. The fourth-order valence-corrected chi connectivity index (χ4v) is 3.54. The largest absolute Gasteiger partial charge is 0.348 e. The van der Waals surface area contributed by atoms with Gasteiger partial charge in [0.15, 0.2) is 0 Å². The Hall–Kier alpha value is -2.27. The van der Waals surface area contributed by atoms with E-state index in [1.54, 1.807) is 0 Å². The normalized spacial score (nSPS) is 12.9. The number of amides is 2. The van der Waals surface area contributed by atoms with Crippen molar-refractivity contribution in [1.82, 2.24) is 5.32 Å². The summed E-state index contributed by atoms with van der Waals surface area (Å²) in [5.41, 5.74) is 1.89. The van der Waals surface area contributed by atoms with Gasteiger partial charge in [0.25, 0.3) is 0 Å². The highest BCUT2D eigenvalue weighted by atomic mass is 32.2. The molecule has 4 nitrogen and oxygen atoms in total. The molecule has 0 fully saturated rings. The Bertz CT molecular complexity index is 717. The van der Waals surface area contributed by atoms with Crippen LogP contribution >= 0.6 is 11.8 Å². The maximum absolute atomic E-state index is 12.6. The highest BCUT2D eigenvalue weighted by Crippen LogP contribution is 2.26. The van der Waals surface area contributed by atoms with Crippen LogP contribution in [-0.4, -0.2) is 17.1 Å². The Kier molecular flexibility index (Phi) is 7.73. The fraction of sp³-hybridized carbons (Fsp3) is 0.333. The molecule has 0 aliphatic heterocycles. The van der Waals surface area contributed by atoms with E-state index >= 15 is 0 Å². The maximum Gasteiger partial charge on any atom is 0.233 e. The van der Waals surface area contributed by atoms with E-state index < -0.39 is 0 Å². The van der Waals surface area contributed by atoms with Gasteiger partial charge in [-0.05, 0) is 43.2 Å². The highest BCUT2D eigenvalue weighted by Gasteiger charge is 2.19. The molecule has 0 radical (unpaired) electrons. The molecule has 2 N–H and O–H groups in total. The average Bonchev–Trinajstić information content (AvgIpc) is 2.63. The molecule has 0 spiro atoms. The monoisotopic (exact) mass is 370 g/mol. The number of carbonyl (C=O) groups is 2. The summed E-state index contributed by atoms with van der Waals surface area (Å²) in [5.74, 6) is -0.0655. The van der Waals surface area contributed by atoms with Crippen LogP contribution in [0.15, 0.2) is 59.5 Å². The predicted octanol–water partition coefficient (Wildman–Crippen LogP) is 4.78. The number of carbonyl (C=O) groups excluding carboxylic acids is 2. The Morgan fingerprint density at radius 2 is 1.69 bits per heavy atom. The fourth-order valence-electron chi connectivity index (χ4n) is 2.66. The number of anilines is 1. The smallest absolute Gasteiger partial charge is 0.233 e. The minimum atomic E-state index is -0.204. The third kappa shape index (κ3) is 6.23. The molecule has 0 aliphatic rings. The summed E-state index contributed by atoms with van der Waals surface area (Å²) < 4.78 is 0. The number of thioether (sulfide) groups is 1. The lowest BCUT2D eigenvalue weighted by atomic mass is 10.0. The zero-order valence-corrected chi connectivity index (χ0v) is 16.3. The van der Waals surface area contributed by atoms with Crippen molar-refractivity contribution in [2.45, 2.75) is 49.8 Å². The van der Waals surface area contributed by atoms with Gasteiger partial charge in [0, 0.05) is 17.5 Å². The molecule has 0 saturated carbocycles. The van der Waals surface area contributed by atoms with Crippen molar-refractivity contribution in [2.75, 3.05) is 5.32 Å². The second-order valence-corrected chi connectivity index (χ2v) is 7.64. The van der Waals surface area contributed by atoms with Crippen LogP contribution < -0.4 is 10.6 Å². The van der Waals surface area contributed by atoms with Crippen LogP contribution in [0.25, 0.3) is 0 Å². The molecule has 26 heavy (non-hydrogen) atoms. The Labute approximate surface area is 159 Å². The summed E-state index contributed by atoms with van der Waals surface area (Å²) in [6.45, 7) is 5.52. The highest BCUT2D eigenvalue weighted by molar-refractivity contribution is 8.00.